The Morgan fingerprint density at radius 3 is 3.12 bits per heavy atom. The van der Waals surface area contributed by atoms with Crippen molar-refractivity contribution in [2.45, 2.75) is 32.7 Å². The first kappa shape index (κ1) is 17.0. The Balaban J connectivity index is 1.51. The van der Waals surface area contributed by atoms with Crippen LogP contribution in [-0.2, 0) is 11.3 Å². The van der Waals surface area contributed by atoms with Crippen LogP contribution in [0.4, 0.5) is 9.52 Å². The minimum absolute atomic E-state index is 0.0311. The smallest absolute Gasteiger partial charge is 0.252 e. The van der Waals surface area contributed by atoms with Gasteiger partial charge in [0.15, 0.2) is 10.9 Å². The molecule has 1 unspecified atom stereocenters. The summed E-state index contributed by atoms with van der Waals surface area (Å²) >= 11 is 1.46. The molecule has 1 N–H and O–H groups in total. The Labute approximate surface area is 153 Å². The first-order valence-electron chi connectivity index (χ1n) is 8.31. The van der Waals surface area contributed by atoms with E-state index in [2.05, 4.69) is 30.3 Å². The molecule has 0 spiro atoms. The first-order valence-corrected chi connectivity index (χ1v) is 9.13. The maximum atomic E-state index is 14.7. The van der Waals surface area contributed by atoms with Crippen LogP contribution < -0.4 is 5.32 Å². The second-order valence-electron chi connectivity index (χ2n) is 6.40. The maximum Gasteiger partial charge on any atom is 0.252 e. The van der Waals surface area contributed by atoms with E-state index in [9.17, 15) is 9.18 Å². The van der Waals surface area contributed by atoms with Crippen molar-refractivity contribution in [2.24, 2.45) is 0 Å². The molecule has 1 aliphatic heterocycles. The van der Waals surface area contributed by atoms with E-state index in [0.717, 1.165) is 30.9 Å². The number of anilines is 1. The molecule has 1 amide bonds. The second-order valence-corrected chi connectivity index (χ2v) is 7.52. The summed E-state index contributed by atoms with van der Waals surface area (Å²) in [4.78, 5) is 26.9. The Hall–Kier alpha value is -2.46. The van der Waals surface area contributed by atoms with E-state index in [0.29, 0.717) is 22.3 Å². The van der Waals surface area contributed by atoms with Crippen molar-refractivity contribution >= 4 is 28.2 Å². The zero-order valence-electron chi connectivity index (χ0n) is 14.4. The van der Waals surface area contributed by atoms with E-state index >= 15 is 0 Å². The molecule has 136 valence electrons. The summed E-state index contributed by atoms with van der Waals surface area (Å²) in [5, 5.41) is 7.43. The van der Waals surface area contributed by atoms with Gasteiger partial charge in [0, 0.05) is 37.0 Å². The second kappa shape index (κ2) is 6.69. The average molecular weight is 375 g/mol. The number of nitrogens with zero attached hydrogens (tertiary/aromatic N) is 6. The van der Waals surface area contributed by atoms with Crippen molar-refractivity contribution < 1.29 is 9.18 Å². The summed E-state index contributed by atoms with van der Waals surface area (Å²) in [5.74, 6) is 0.0245. The van der Waals surface area contributed by atoms with Crippen LogP contribution in [0.15, 0.2) is 12.5 Å². The summed E-state index contributed by atoms with van der Waals surface area (Å²) in [6, 6.07) is 0. The molecule has 0 aromatic carbocycles. The number of carbonyl (C=O) groups excluding carboxylic acids is 1. The molecular formula is C16H18FN7OS. The monoisotopic (exact) mass is 375 g/mol. The molecule has 0 saturated carbocycles. The van der Waals surface area contributed by atoms with Gasteiger partial charge in [0.05, 0.1) is 11.4 Å². The average Bonchev–Trinajstić information content (AvgIpc) is 3.30. The maximum absolute atomic E-state index is 14.7. The number of thiazole rings is 1. The normalized spacial score (nSPS) is 17.9. The third kappa shape index (κ3) is 3.17. The van der Waals surface area contributed by atoms with Gasteiger partial charge in [0.2, 0.25) is 5.91 Å². The third-order valence-corrected chi connectivity index (χ3v) is 5.34. The molecule has 1 atom stereocenters. The van der Waals surface area contributed by atoms with Gasteiger partial charge in [0.1, 0.15) is 6.33 Å². The molecule has 10 heteroatoms. The fourth-order valence-corrected chi connectivity index (χ4v) is 4.22. The Bertz CT molecular complexity index is 969. The summed E-state index contributed by atoms with van der Waals surface area (Å²) in [6.45, 7) is 5.42. The molecule has 4 heterocycles. The van der Waals surface area contributed by atoms with Gasteiger partial charge in [-0.1, -0.05) is 0 Å². The van der Waals surface area contributed by atoms with Crippen LogP contribution in [0.2, 0.25) is 0 Å². The van der Waals surface area contributed by atoms with E-state index in [-0.39, 0.29) is 17.6 Å². The summed E-state index contributed by atoms with van der Waals surface area (Å²) in [5.41, 5.74) is 0.900. The molecule has 3 aromatic heterocycles. The lowest BCUT2D eigenvalue weighted by Crippen LogP contribution is -2.20. The van der Waals surface area contributed by atoms with Gasteiger partial charge in [-0.25, -0.2) is 14.4 Å². The van der Waals surface area contributed by atoms with Crippen LogP contribution in [0.25, 0.3) is 5.78 Å². The zero-order chi connectivity index (χ0) is 18.3. The van der Waals surface area contributed by atoms with Crippen LogP contribution >= 0.6 is 11.3 Å². The van der Waals surface area contributed by atoms with Crippen LogP contribution in [-0.4, -0.2) is 48.5 Å². The molecule has 0 aliphatic carbocycles. The molecule has 1 saturated heterocycles. The van der Waals surface area contributed by atoms with E-state index < -0.39 is 0 Å². The number of rotatable bonds is 4. The number of nitrogens with one attached hydrogen (secondary N) is 1. The van der Waals surface area contributed by atoms with Crippen molar-refractivity contribution in [3.8, 4) is 0 Å². The summed E-state index contributed by atoms with van der Waals surface area (Å²) in [7, 11) is 0. The fraction of sp³-hybridized carbons (Fsp3) is 0.438. The minimum Gasteiger partial charge on any atom is -0.302 e. The van der Waals surface area contributed by atoms with E-state index in [4.69, 9.17) is 0 Å². The molecule has 0 radical (unpaired) electrons. The number of amides is 1. The van der Waals surface area contributed by atoms with Gasteiger partial charge >= 0.3 is 0 Å². The first-order chi connectivity index (χ1) is 12.5. The topological polar surface area (TPSA) is 88.3 Å². The van der Waals surface area contributed by atoms with Crippen molar-refractivity contribution in [3.05, 3.63) is 34.6 Å². The number of carbonyl (C=O) groups is 1. The lowest BCUT2D eigenvalue weighted by Gasteiger charge is -2.16. The van der Waals surface area contributed by atoms with Crippen molar-refractivity contribution in [1.82, 2.24) is 29.5 Å². The molecule has 26 heavy (non-hydrogen) atoms. The molecule has 4 rings (SSSR count). The van der Waals surface area contributed by atoms with Crippen LogP contribution in [0.3, 0.4) is 0 Å². The van der Waals surface area contributed by atoms with E-state index in [1.54, 1.807) is 13.1 Å². The van der Waals surface area contributed by atoms with Crippen LogP contribution in [0.5, 0.6) is 0 Å². The van der Waals surface area contributed by atoms with E-state index in [1.165, 1.54) is 29.1 Å². The predicted octanol–water partition coefficient (Wildman–Crippen LogP) is 1.98. The van der Waals surface area contributed by atoms with E-state index in [1.807, 2.05) is 0 Å². The van der Waals surface area contributed by atoms with Gasteiger partial charge in [0.25, 0.3) is 5.78 Å². The highest BCUT2D eigenvalue weighted by atomic mass is 32.1. The highest BCUT2D eigenvalue weighted by Gasteiger charge is 2.30. The molecule has 1 fully saturated rings. The Morgan fingerprint density at radius 2 is 2.31 bits per heavy atom. The highest BCUT2D eigenvalue weighted by Crippen LogP contribution is 2.31. The number of hydrogen-bond donors (Lipinski definition) is 1. The van der Waals surface area contributed by atoms with Crippen LogP contribution in [0.1, 0.15) is 35.5 Å². The third-order valence-electron chi connectivity index (χ3n) is 4.44. The SMILES string of the molecule is CC(=O)Nc1ncc(CN2CCC(c3c(F)c(C)nc4ncnn34)C2)s1. The van der Waals surface area contributed by atoms with Crippen LogP contribution in [0, 0.1) is 12.7 Å². The standard InChI is InChI=1S/C16H18FN7OS/c1-9-13(17)14(24-15(21-9)19-8-20-24)11-3-4-23(6-11)7-12-5-18-16(26-12)22-10(2)25/h5,8,11H,3-4,6-7H2,1-2H3,(H,18,22,25). The molecule has 0 bridgehead atoms. The minimum atomic E-state index is -0.305. The number of likely N-dealkylation sites (tertiary alicyclic amines) is 1. The zero-order valence-corrected chi connectivity index (χ0v) is 15.3. The molecule has 1 aliphatic rings. The largest absolute Gasteiger partial charge is 0.302 e. The van der Waals surface area contributed by atoms with Crippen molar-refractivity contribution in [2.75, 3.05) is 18.4 Å². The molecular weight excluding hydrogens is 357 g/mol. The number of aromatic nitrogens is 5. The number of halogens is 1. The Morgan fingerprint density at radius 1 is 1.46 bits per heavy atom. The lowest BCUT2D eigenvalue weighted by molar-refractivity contribution is -0.114. The fourth-order valence-electron chi connectivity index (χ4n) is 3.32. The molecule has 3 aromatic rings. The number of hydrogen-bond acceptors (Lipinski definition) is 7. The lowest BCUT2D eigenvalue weighted by atomic mass is 10.0. The van der Waals surface area contributed by atoms with Crippen molar-refractivity contribution in [3.63, 3.8) is 0 Å². The number of fused-ring (bicyclic) bond motifs is 1. The van der Waals surface area contributed by atoms with Gasteiger partial charge < -0.3 is 5.32 Å². The van der Waals surface area contributed by atoms with Gasteiger partial charge in [-0.2, -0.15) is 14.6 Å². The summed E-state index contributed by atoms with van der Waals surface area (Å²) < 4.78 is 16.2. The Kier molecular flexibility index (Phi) is 4.37. The number of aryl methyl sites for hydroxylation is 1. The van der Waals surface area contributed by atoms with Gasteiger partial charge in [-0.3, -0.25) is 9.69 Å². The molecule has 8 nitrogen and oxygen atoms in total. The highest BCUT2D eigenvalue weighted by molar-refractivity contribution is 7.15. The predicted molar refractivity (Wildman–Crippen MR) is 94.5 cm³/mol. The van der Waals surface area contributed by atoms with Gasteiger partial charge in [-0.15, -0.1) is 11.3 Å². The summed E-state index contributed by atoms with van der Waals surface area (Å²) in [6.07, 6.45) is 4.01. The van der Waals surface area contributed by atoms with Gasteiger partial charge in [-0.05, 0) is 19.9 Å². The quantitative estimate of drug-likeness (QED) is 0.750. The van der Waals surface area contributed by atoms with Crippen molar-refractivity contribution in [1.29, 1.82) is 0 Å².